The van der Waals surface area contributed by atoms with Crippen molar-refractivity contribution < 1.29 is 87.8 Å². The summed E-state index contributed by atoms with van der Waals surface area (Å²) in [5, 5.41) is 60.3. The largest absolute Gasteiger partial charge is 0.481 e. The van der Waals surface area contributed by atoms with Crippen LogP contribution >= 0.6 is 21.6 Å². The van der Waals surface area contributed by atoms with Gasteiger partial charge in [0.2, 0.25) is 29.5 Å². The van der Waals surface area contributed by atoms with Gasteiger partial charge in [0.05, 0.1) is 6.42 Å². The second kappa shape index (κ2) is 30.3. The first-order chi connectivity index (χ1) is 30.6. The van der Waals surface area contributed by atoms with Crippen LogP contribution in [0, 0.1) is 0 Å². The number of carboxylic acid groups (broad SMARTS) is 5. The molecule has 0 unspecified atom stereocenters. The van der Waals surface area contributed by atoms with E-state index < -0.39 is 140 Å². The minimum Gasteiger partial charge on any atom is -0.481 e. The normalized spacial score (nSPS) is 13.3. The molecule has 26 nitrogen and oxygen atoms in total. The smallest absolute Gasteiger partial charge is 0.426 e. The van der Waals surface area contributed by atoms with E-state index in [1.807, 2.05) is 21.5 Å². The van der Waals surface area contributed by atoms with Gasteiger partial charge in [-0.3, -0.25) is 39.0 Å². The van der Waals surface area contributed by atoms with Crippen molar-refractivity contribution in [3.8, 4) is 0 Å². The van der Waals surface area contributed by atoms with Crippen molar-refractivity contribution in [1.82, 2.24) is 42.8 Å². The van der Waals surface area contributed by atoms with Gasteiger partial charge in [0.1, 0.15) is 36.8 Å². The molecule has 0 spiro atoms. The molecule has 0 saturated heterocycles. The van der Waals surface area contributed by atoms with Gasteiger partial charge in [-0.05, 0) is 31.7 Å². The number of ether oxygens (including phenoxy) is 1. The molecular formula is C37H52N8O18S2. The molecule has 0 fully saturated rings. The average Bonchev–Trinajstić information content (AvgIpc) is 3.22. The quantitative estimate of drug-likeness (QED) is 0.0238. The maximum atomic E-state index is 13.5. The molecule has 0 aliphatic rings. The Balaban J connectivity index is 2.85. The van der Waals surface area contributed by atoms with Crippen LogP contribution in [-0.4, -0.2) is 151 Å². The van der Waals surface area contributed by atoms with Crippen LogP contribution in [0.1, 0.15) is 64.4 Å². The standard InChI is InChI=1S/C37H52N8O18S2/c1-19(38-27(47)12-9-22(33(55)56)42-36(61)43-23(34(57)58)10-13-29(49)50)8-11-28(48)39-25(17-30(51)52)32(54)40-24(16-21-6-4-3-5-7-21)31(53)41-26(35(59)60)18-65-64-15-14-63-37(62)45-44-20(2)46/h3-7,19,22-26H,8-18H2,1-2H3,(H,38,47)(H,39,48)(H,40,54)(H,41,53)(H,44,46)(H,45,62)(H,49,50)(H,51,52)(H,55,56)(H,57,58)(H,59,60)(H2,42,43,61)/t19-,22+,23+,24-,25+,26-/m1/s1. The molecule has 6 atom stereocenters. The number of nitrogens with one attached hydrogen (secondary N) is 8. The number of carbonyl (C=O) groups is 12. The molecule has 1 rings (SSSR count). The third kappa shape index (κ3) is 25.8. The number of urea groups is 1. The molecule has 65 heavy (non-hydrogen) atoms. The van der Waals surface area contributed by atoms with Crippen LogP contribution < -0.4 is 42.8 Å². The van der Waals surface area contributed by atoms with Crippen molar-refractivity contribution in [2.45, 2.75) is 101 Å². The molecule has 8 amide bonds. The minimum absolute atomic E-state index is 0.0677. The number of hydrazine groups is 1. The first-order valence-electron chi connectivity index (χ1n) is 19.4. The van der Waals surface area contributed by atoms with E-state index in [-0.39, 0.29) is 37.4 Å². The van der Waals surface area contributed by atoms with E-state index >= 15 is 0 Å². The molecular weight excluding hydrogens is 909 g/mol. The zero-order valence-electron chi connectivity index (χ0n) is 35.0. The lowest BCUT2D eigenvalue weighted by atomic mass is 10.0. The summed E-state index contributed by atoms with van der Waals surface area (Å²) >= 11 is 0. The summed E-state index contributed by atoms with van der Waals surface area (Å²) in [5.41, 5.74) is 4.56. The zero-order valence-corrected chi connectivity index (χ0v) is 36.6. The minimum atomic E-state index is -1.72. The SMILES string of the molecule is CC(=O)NNC(=O)OCCSSC[C@@H](NC(=O)[C@@H](Cc1ccccc1)NC(=O)[C@H](CC(=O)O)NC(=O)CC[C@@H](C)NC(=O)CC[C@H](NC(=O)N[C@@H](CCC(=O)O)C(=O)O)C(=O)O)C(=O)O. The van der Waals surface area contributed by atoms with E-state index in [0.29, 0.717) is 5.56 Å². The lowest BCUT2D eigenvalue weighted by molar-refractivity contribution is -0.142. The van der Waals surface area contributed by atoms with Crippen molar-refractivity contribution >= 4 is 93.1 Å². The van der Waals surface area contributed by atoms with E-state index in [4.69, 9.17) is 9.84 Å². The first kappa shape index (κ1) is 56.2. The number of rotatable bonds is 30. The molecule has 0 aliphatic carbocycles. The van der Waals surface area contributed by atoms with Crippen LogP contribution in [0.25, 0.3) is 0 Å². The highest BCUT2D eigenvalue weighted by molar-refractivity contribution is 8.76. The molecule has 0 aliphatic heterocycles. The highest BCUT2D eigenvalue weighted by atomic mass is 33.1. The van der Waals surface area contributed by atoms with Crippen molar-refractivity contribution in [3.05, 3.63) is 35.9 Å². The average molecular weight is 961 g/mol. The van der Waals surface area contributed by atoms with Crippen LogP contribution in [0.3, 0.4) is 0 Å². The fourth-order valence-corrected chi connectivity index (χ4v) is 7.11. The third-order valence-corrected chi connectivity index (χ3v) is 10.7. The number of benzene rings is 1. The third-order valence-electron chi connectivity index (χ3n) is 8.34. The van der Waals surface area contributed by atoms with Gasteiger partial charge in [-0.1, -0.05) is 51.9 Å². The topological polar surface area (TPSA) is 411 Å². The zero-order chi connectivity index (χ0) is 49.1. The van der Waals surface area contributed by atoms with Gasteiger partial charge in [0.25, 0.3) is 0 Å². The Hall–Kier alpha value is -6.84. The second-order valence-electron chi connectivity index (χ2n) is 13.8. The number of hydrogen-bond acceptors (Lipinski definition) is 15. The first-order valence-corrected chi connectivity index (χ1v) is 21.9. The molecule has 0 aromatic heterocycles. The predicted molar refractivity (Wildman–Crippen MR) is 227 cm³/mol. The van der Waals surface area contributed by atoms with Gasteiger partial charge in [-0.2, -0.15) is 0 Å². The number of carboxylic acids is 5. The Kier molecular flexibility index (Phi) is 26.2. The van der Waals surface area contributed by atoms with Crippen molar-refractivity contribution in [2.75, 3.05) is 18.1 Å². The van der Waals surface area contributed by atoms with Crippen molar-refractivity contribution in [2.24, 2.45) is 0 Å². The molecule has 1 aromatic rings. The predicted octanol–water partition coefficient (Wildman–Crippen LogP) is -1.46. The van der Waals surface area contributed by atoms with Crippen LogP contribution in [-0.2, 0) is 59.1 Å². The Morgan fingerprint density at radius 1 is 0.585 bits per heavy atom. The van der Waals surface area contributed by atoms with E-state index in [1.54, 1.807) is 30.3 Å². The Morgan fingerprint density at radius 2 is 1.12 bits per heavy atom. The van der Waals surface area contributed by atoms with Crippen LogP contribution in [0.5, 0.6) is 0 Å². The lowest BCUT2D eigenvalue weighted by Crippen LogP contribution is -2.57. The Bertz CT molecular complexity index is 1860. The number of amides is 8. The van der Waals surface area contributed by atoms with Gasteiger partial charge in [0.15, 0.2) is 0 Å². The fraction of sp³-hybridized carbons (Fsp3) is 0.514. The van der Waals surface area contributed by atoms with Crippen LogP contribution in [0.2, 0.25) is 0 Å². The fourth-order valence-electron chi connectivity index (χ4n) is 5.13. The van der Waals surface area contributed by atoms with E-state index in [2.05, 4.69) is 21.3 Å². The Morgan fingerprint density at radius 3 is 1.68 bits per heavy atom. The number of aliphatic carboxylic acids is 5. The summed E-state index contributed by atoms with van der Waals surface area (Å²) in [6.07, 6.45) is -4.45. The maximum Gasteiger partial charge on any atom is 0.426 e. The molecule has 0 bridgehead atoms. The molecule has 1 aromatic carbocycles. The van der Waals surface area contributed by atoms with Crippen LogP contribution in [0.4, 0.5) is 9.59 Å². The highest BCUT2D eigenvalue weighted by Gasteiger charge is 2.31. The molecule has 360 valence electrons. The summed E-state index contributed by atoms with van der Waals surface area (Å²) in [6, 6.07) is -1.71. The van der Waals surface area contributed by atoms with Crippen molar-refractivity contribution in [3.63, 3.8) is 0 Å². The Labute approximate surface area is 378 Å². The molecule has 0 radical (unpaired) electrons. The summed E-state index contributed by atoms with van der Waals surface area (Å²) in [6.45, 7) is 2.54. The summed E-state index contributed by atoms with van der Waals surface area (Å²) in [4.78, 5) is 145. The second-order valence-corrected chi connectivity index (χ2v) is 16.4. The van der Waals surface area contributed by atoms with Gasteiger partial charge < -0.3 is 62.2 Å². The number of carbonyl (C=O) groups excluding carboxylic acids is 7. The van der Waals surface area contributed by atoms with E-state index in [0.717, 1.165) is 21.6 Å². The lowest BCUT2D eigenvalue weighted by Gasteiger charge is -2.24. The highest BCUT2D eigenvalue weighted by Crippen LogP contribution is 2.22. The van der Waals surface area contributed by atoms with Gasteiger partial charge in [0, 0.05) is 50.2 Å². The van der Waals surface area contributed by atoms with E-state index in [9.17, 15) is 78.0 Å². The van der Waals surface area contributed by atoms with Gasteiger partial charge >= 0.3 is 42.0 Å². The van der Waals surface area contributed by atoms with Gasteiger partial charge in [-0.25, -0.2) is 29.4 Å². The van der Waals surface area contributed by atoms with Crippen molar-refractivity contribution in [1.29, 1.82) is 0 Å². The summed E-state index contributed by atoms with van der Waals surface area (Å²) in [7, 11) is 2.13. The molecule has 0 saturated carbocycles. The molecule has 13 N–H and O–H groups in total. The summed E-state index contributed by atoms with van der Waals surface area (Å²) in [5.74, 6) is -11.5. The van der Waals surface area contributed by atoms with E-state index in [1.165, 1.54) is 13.8 Å². The molecule has 0 heterocycles. The number of hydrogen-bond donors (Lipinski definition) is 13. The maximum absolute atomic E-state index is 13.5. The summed E-state index contributed by atoms with van der Waals surface area (Å²) < 4.78 is 4.84. The van der Waals surface area contributed by atoms with Gasteiger partial charge in [-0.15, -0.1) is 0 Å². The monoisotopic (exact) mass is 960 g/mol. The van der Waals surface area contributed by atoms with Crippen LogP contribution in [0.15, 0.2) is 30.3 Å². The molecule has 28 heteroatoms.